The van der Waals surface area contributed by atoms with E-state index in [2.05, 4.69) is 12.0 Å². The Bertz CT molecular complexity index is 590. The maximum absolute atomic E-state index is 12.9. The highest BCUT2D eigenvalue weighted by molar-refractivity contribution is 5.95. The molecular weight excluding hydrogens is 282 g/mol. The molecule has 1 aromatic heterocycles. The van der Waals surface area contributed by atoms with Crippen molar-refractivity contribution in [3.05, 3.63) is 17.0 Å². The molecule has 3 heterocycles. The lowest BCUT2D eigenvalue weighted by Gasteiger charge is -2.47. The second-order valence-electron chi connectivity index (χ2n) is 6.67. The van der Waals surface area contributed by atoms with Gasteiger partial charge in [-0.2, -0.15) is 5.10 Å². The van der Waals surface area contributed by atoms with Gasteiger partial charge in [-0.1, -0.05) is 0 Å². The summed E-state index contributed by atoms with van der Waals surface area (Å²) >= 11 is 0. The van der Waals surface area contributed by atoms with Crippen LogP contribution in [0.1, 0.15) is 55.5 Å². The van der Waals surface area contributed by atoms with E-state index in [-0.39, 0.29) is 23.7 Å². The Morgan fingerprint density at radius 1 is 1.45 bits per heavy atom. The van der Waals surface area contributed by atoms with E-state index >= 15 is 0 Å². The van der Waals surface area contributed by atoms with E-state index in [4.69, 9.17) is 9.47 Å². The van der Waals surface area contributed by atoms with Gasteiger partial charge in [-0.05, 0) is 27.7 Å². The topological polar surface area (TPSA) is 56.6 Å². The molecule has 3 rings (SSSR count). The molecule has 1 saturated heterocycles. The van der Waals surface area contributed by atoms with Crippen LogP contribution < -0.4 is 0 Å². The van der Waals surface area contributed by atoms with Gasteiger partial charge < -0.3 is 14.4 Å². The number of rotatable bonds is 3. The minimum absolute atomic E-state index is 0.0507. The Labute approximate surface area is 131 Å². The average molecular weight is 307 g/mol. The summed E-state index contributed by atoms with van der Waals surface area (Å²) in [6.07, 6.45) is 0.797. The number of fused-ring (bicyclic) bond motifs is 1. The number of hydrogen-bond acceptors (Lipinski definition) is 4. The molecule has 0 N–H and O–H groups in total. The van der Waals surface area contributed by atoms with Gasteiger partial charge in [0.1, 0.15) is 11.3 Å². The van der Waals surface area contributed by atoms with Gasteiger partial charge in [-0.3, -0.25) is 9.48 Å². The first-order chi connectivity index (χ1) is 10.3. The summed E-state index contributed by atoms with van der Waals surface area (Å²) in [5.74, 6) is 0.0507. The first kappa shape index (κ1) is 15.5. The lowest BCUT2D eigenvalue weighted by atomic mass is 9.94. The third-order valence-corrected chi connectivity index (χ3v) is 4.52. The normalized spacial score (nSPS) is 26.5. The number of aromatic nitrogens is 2. The minimum atomic E-state index is -0.202. The third kappa shape index (κ3) is 2.44. The van der Waals surface area contributed by atoms with Crippen molar-refractivity contribution in [2.24, 2.45) is 7.05 Å². The molecule has 2 atom stereocenters. The molecule has 0 aromatic carbocycles. The molecule has 1 fully saturated rings. The molecule has 0 bridgehead atoms. The number of hydrogen-bond donors (Lipinski definition) is 0. The van der Waals surface area contributed by atoms with E-state index in [1.165, 1.54) is 0 Å². The zero-order chi connectivity index (χ0) is 16.1. The van der Waals surface area contributed by atoms with Crippen molar-refractivity contribution in [3.63, 3.8) is 0 Å². The van der Waals surface area contributed by atoms with Crippen molar-refractivity contribution in [3.8, 4) is 0 Å². The number of ether oxygens (including phenoxy) is 2. The fourth-order valence-corrected chi connectivity index (χ4v) is 3.63. The van der Waals surface area contributed by atoms with Gasteiger partial charge in [0.25, 0.3) is 5.91 Å². The van der Waals surface area contributed by atoms with Crippen molar-refractivity contribution < 1.29 is 14.3 Å². The van der Waals surface area contributed by atoms with Crippen LogP contribution in [0.5, 0.6) is 0 Å². The molecule has 0 radical (unpaired) electrons. The van der Waals surface area contributed by atoms with Gasteiger partial charge >= 0.3 is 0 Å². The van der Waals surface area contributed by atoms with Gasteiger partial charge in [0, 0.05) is 25.6 Å². The summed E-state index contributed by atoms with van der Waals surface area (Å²) in [5.41, 5.74) is 2.45. The summed E-state index contributed by atoms with van der Waals surface area (Å²) in [7, 11) is 1.84. The molecule has 122 valence electrons. The van der Waals surface area contributed by atoms with Crippen molar-refractivity contribution in [2.75, 3.05) is 19.7 Å². The number of carbonyl (C=O) groups excluding carboxylic acids is 1. The Morgan fingerprint density at radius 3 is 2.77 bits per heavy atom. The average Bonchev–Trinajstić information content (AvgIpc) is 2.72. The fraction of sp³-hybridized carbons (Fsp3) is 0.750. The smallest absolute Gasteiger partial charge is 0.272 e. The number of aryl methyl sites for hydroxylation is 1. The molecule has 1 amide bonds. The Morgan fingerprint density at radius 2 is 2.14 bits per heavy atom. The van der Waals surface area contributed by atoms with Crippen molar-refractivity contribution in [1.29, 1.82) is 0 Å². The van der Waals surface area contributed by atoms with E-state index in [0.29, 0.717) is 25.4 Å². The zero-order valence-corrected chi connectivity index (χ0v) is 14.0. The molecule has 0 unspecified atom stereocenters. The van der Waals surface area contributed by atoms with Crippen LogP contribution in [-0.4, -0.2) is 52.0 Å². The largest absolute Gasteiger partial charge is 0.372 e. The standard InChI is InChI=1S/C16H25N3O3/c1-6-21-16(4)8-19(9-16)15(20)14-12-7-10(2)22-11(3)13(12)17-18(14)5/h10-11H,6-9H2,1-5H3/t10-,11+/m1/s1. The van der Waals surface area contributed by atoms with Gasteiger partial charge in [-0.15, -0.1) is 0 Å². The predicted molar refractivity (Wildman–Crippen MR) is 81.8 cm³/mol. The van der Waals surface area contributed by atoms with Gasteiger partial charge in [-0.25, -0.2) is 0 Å². The molecule has 6 heteroatoms. The van der Waals surface area contributed by atoms with Crippen LogP contribution >= 0.6 is 0 Å². The molecule has 0 aliphatic carbocycles. The third-order valence-electron chi connectivity index (χ3n) is 4.52. The summed E-state index contributed by atoms with van der Waals surface area (Å²) in [4.78, 5) is 14.7. The molecule has 0 saturated carbocycles. The summed E-state index contributed by atoms with van der Waals surface area (Å²) in [5, 5.41) is 4.51. The summed E-state index contributed by atoms with van der Waals surface area (Å²) < 4.78 is 13.2. The van der Waals surface area contributed by atoms with Gasteiger partial charge in [0.2, 0.25) is 0 Å². The fourth-order valence-electron chi connectivity index (χ4n) is 3.63. The number of carbonyl (C=O) groups is 1. The monoisotopic (exact) mass is 307 g/mol. The molecule has 22 heavy (non-hydrogen) atoms. The van der Waals surface area contributed by atoms with Gasteiger partial charge in [0.05, 0.1) is 31.0 Å². The van der Waals surface area contributed by atoms with Crippen LogP contribution in [-0.2, 0) is 22.9 Å². The lowest BCUT2D eigenvalue weighted by Crippen LogP contribution is -2.63. The molecule has 1 aromatic rings. The summed E-state index contributed by atoms with van der Waals surface area (Å²) in [6, 6.07) is 0. The van der Waals surface area contributed by atoms with Crippen molar-refractivity contribution in [1.82, 2.24) is 14.7 Å². The molecular formula is C16H25N3O3. The van der Waals surface area contributed by atoms with Crippen LogP contribution in [0.3, 0.4) is 0 Å². The van der Waals surface area contributed by atoms with Crippen LogP contribution in [0.15, 0.2) is 0 Å². The maximum atomic E-state index is 12.9. The maximum Gasteiger partial charge on any atom is 0.272 e. The molecule has 2 aliphatic rings. The summed E-state index contributed by atoms with van der Waals surface area (Å²) in [6.45, 7) is 10.0. The van der Waals surface area contributed by atoms with Crippen LogP contribution in [0, 0.1) is 0 Å². The number of nitrogens with zero attached hydrogens (tertiary/aromatic N) is 3. The van der Waals surface area contributed by atoms with Crippen LogP contribution in [0.25, 0.3) is 0 Å². The van der Waals surface area contributed by atoms with Crippen LogP contribution in [0.2, 0.25) is 0 Å². The quantitative estimate of drug-likeness (QED) is 0.853. The van der Waals surface area contributed by atoms with E-state index in [9.17, 15) is 4.79 Å². The first-order valence-corrected chi connectivity index (χ1v) is 7.99. The number of amides is 1. The second kappa shape index (κ2) is 5.35. The van der Waals surface area contributed by atoms with Crippen molar-refractivity contribution in [2.45, 2.75) is 51.9 Å². The van der Waals surface area contributed by atoms with Crippen LogP contribution in [0.4, 0.5) is 0 Å². The zero-order valence-electron chi connectivity index (χ0n) is 14.0. The van der Waals surface area contributed by atoms with E-state index < -0.39 is 0 Å². The Hall–Kier alpha value is -1.40. The Balaban J connectivity index is 1.83. The van der Waals surface area contributed by atoms with E-state index in [1.807, 2.05) is 32.7 Å². The molecule has 0 spiro atoms. The molecule has 6 nitrogen and oxygen atoms in total. The molecule has 2 aliphatic heterocycles. The minimum Gasteiger partial charge on any atom is -0.372 e. The highest BCUT2D eigenvalue weighted by atomic mass is 16.5. The Kier molecular flexibility index (Phi) is 3.77. The second-order valence-corrected chi connectivity index (χ2v) is 6.67. The van der Waals surface area contributed by atoms with Gasteiger partial charge in [0.15, 0.2) is 0 Å². The van der Waals surface area contributed by atoms with E-state index in [0.717, 1.165) is 17.7 Å². The predicted octanol–water partition coefficient (Wildman–Crippen LogP) is 1.69. The highest BCUT2D eigenvalue weighted by Gasteiger charge is 2.44. The number of likely N-dealkylation sites (tertiary alicyclic amines) is 1. The van der Waals surface area contributed by atoms with Crippen molar-refractivity contribution >= 4 is 5.91 Å². The lowest BCUT2D eigenvalue weighted by molar-refractivity contribution is -0.113. The van der Waals surface area contributed by atoms with E-state index in [1.54, 1.807) is 4.68 Å². The highest BCUT2D eigenvalue weighted by Crippen LogP contribution is 2.33. The first-order valence-electron chi connectivity index (χ1n) is 7.99. The SMILES string of the molecule is CCOC1(C)CN(C(=O)c2c3c(nn2C)[C@H](C)O[C@H](C)C3)C1.